The minimum Gasteiger partial charge on any atom is -0.368 e. The predicted molar refractivity (Wildman–Crippen MR) is 61.2 cm³/mol. The van der Waals surface area contributed by atoms with Crippen LogP contribution in [0.25, 0.3) is 0 Å². The third kappa shape index (κ3) is 3.74. The summed E-state index contributed by atoms with van der Waals surface area (Å²) >= 11 is 0. The van der Waals surface area contributed by atoms with Crippen LogP contribution in [0.15, 0.2) is 18.2 Å². The van der Waals surface area contributed by atoms with E-state index in [-0.39, 0.29) is 23.8 Å². The first-order chi connectivity index (χ1) is 7.29. The van der Waals surface area contributed by atoms with Crippen molar-refractivity contribution in [1.82, 2.24) is 0 Å². The number of aryl methyl sites for hydroxylation is 1. The molecule has 0 saturated carbocycles. The van der Waals surface area contributed by atoms with Gasteiger partial charge in [-0.3, -0.25) is 4.79 Å². The van der Waals surface area contributed by atoms with Crippen LogP contribution in [0.3, 0.4) is 0 Å². The number of ketones is 1. The van der Waals surface area contributed by atoms with Crippen molar-refractivity contribution in [3.8, 4) is 0 Å². The van der Waals surface area contributed by atoms with Gasteiger partial charge in [0.15, 0.2) is 5.78 Å². The summed E-state index contributed by atoms with van der Waals surface area (Å²) in [5.41, 5.74) is 0.527. The molecule has 1 aromatic rings. The van der Waals surface area contributed by atoms with Gasteiger partial charge in [-0.2, -0.15) is 0 Å². The standard InChI is InChI=1S/C13H17FO2/c1-9-5-6-10(7-11(9)14)12(15)8-16-13(2,3)4/h5-7H,8H2,1-4H3. The van der Waals surface area contributed by atoms with E-state index in [0.29, 0.717) is 11.1 Å². The fourth-order valence-corrected chi connectivity index (χ4v) is 1.13. The van der Waals surface area contributed by atoms with Gasteiger partial charge in [-0.1, -0.05) is 12.1 Å². The maximum atomic E-state index is 13.2. The molecule has 0 aliphatic rings. The molecule has 3 heteroatoms. The summed E-state index contributed by atoms with van der Waals surface area (Å²) in [6.07, 6.45) is 0. The van der Waals surface area contributed by atoms with Gasteiger partial charge >= 0.3 is 0 Å². The largest absolute Gasteiger partial charge is 0.368 e. The first-order valence-corrected chi connectivity index (χ1v) is 5.23. The molecule has 0 amide bonds. The summed E-state index contributed by atoms with van der Waals surface area (Å²) in [4.78, 5) is 11.7. The van der Waals surface area contributed by atoms with E-state index in [1.807, 2.05) is 20.8 Å². The quantitative estimate of drug-likeness (QED) is 0.737. The van der Waals surface area contributed by atoms with E-state index < -0.39 is 0 Å². The van der Waals surface area contributed by atoms with Crippen molar-refractivity contribution >= 4 is 5.78 Å². The maximum Gasteiger partial charge on any atom is 0.188 e. The van der Waals surface area contributed by atoms with E-state index in [2.05, 4.69) is 0 Å². The van der Waals surface area contributed by atoms with Crippen LogP contribution in [0.5, 0.6) is 0 Å². The van der Waals surface area contributed by atoms with Gasteiger partial charge in [0.2, 0.25) is 0 Å². The second-order valence-electron chi connectivity index (χ2n) is 4.79. The lowest BCUT2D eigenvalue weighted by Crippen LogP contribution is -2.23. The molecule has 2 nitrogen and oxygen atoms in total. The molecule has 0 fully saturated rings. The molecule has 0 N–H and O–H groups in total. The van der Waals surface area contributed by atoms with Gasteiger partial charge in [0, 0.05) is 5.56 Å². The molecule has 0 spiro atoms. The van der Waals surface area contributed by atoms with Gasteiger partial charge in [-0.25, -0.2) is 4.39 Å². The minimum absolute atomic E-state index is 0.0218. The van der Waals surface area contributed by atoms with Crippen molar-refractivity contribution in [2.45, 2.75) is 33.3 Å². The molecule has 0 radical (unpaired) electrons. The van der Waals surface area contributed by atoms with Crippen molar-refractivity contribution in [2.24, 2.45) is 0 Å². The second-order valence-corrected chi connectivity index (χ2v) is 4.79. The van der Waals surface area contributed by atoms with Crippen molar-refractivity contribution in [3.63, 3.8) is 0 Å². The van der Waals surface area contributed by atoms with E-state index in [1.54, 1.807) is 19.1 Å². The van der Waals surface area contributed by atoms with Gasteiger partial charge < -0.3 is 4.74 Å². The van der Waals surface area contributed by atoms with Crippen LogP contribution in [-0.4, -0.2) is 18.0 Å². The van der Waals surface area contributed by atoms with Gasteiger partial charge in [-0.15, -0.1) is 0 Å². The molecule has 0 heterocycles. The first kappa shape index (κ1) is 12.8. The number of carbonyl (C=O) groups excluding carboxylic acids is 1. The topological polar surface area (TPSA) is 26.3 Å². The Labute approximate surface area is 95.4 Å². The Morgan fingerprint density at radius 1 is 1.38 bits per heavy atom. The number of rotatable bonds is 3. The van der Waals surface area contributed by atoms with Gasteiger partial charge in [0.05, 0.1) is 5.60 Å². The number of Topliss-reactive ketones (excluding diaryl/α,β-unsaturated/α-hetero) is 1. The molecule has 0 aliphatic heterocycles. The summed E-state index contributed by atoms with van der Waals surface area (Å²) in [5.74, 6) is -0.560. The highest BCUT2D eigenvalue weighted by Gasteiger charge is 2.14. The lowest BCUT2D eigenvalue weighted by atomic mass is 10.1. The number of ether oxygens (including phenoxy) is 1. The fraction of sp³-hybridized carbons (Fsp3) is 0.462. The number of hydrogen-bond donors (Lipinski definition) is 0. The highest BCUT2D eigenvalue weighted by atomic mass is 19.1. The smallest absolute Gasteiger partial charge is 0.188 e. The Morgan fingerprint density at radius 3 is 2.50 bits per heavy atom. The zero-order chi connectivity index (χ0) is 12.3. The molecule has 1 aromatic carbocycles. The average Bonchev–Trinajstić information content (AvgIpc) is 2.17. The summed E-state index contributed by atoms with van der Waals surface area (Å²) in [6.45, 7) is 7.25. The molecule has 0 aliphatic carbocycles. The molecule has 0 atom stereocenters. The molecule has 0 bridgehead atoms. The minimum atomic E-state index is -0.362. The van der Waals surface area contributed by atoms with E-state index in [4.69, 9.17) is 4.74 Å². The fourth-order valence-electron chi connectivity index (χ4n) is 1.13. The Morgan fingerprint density at radius 2 is 2.00 bits per heavy atom. The summed E-state index contributed by atoms with van der Waals surface area (Å²) in [5, 5.41) is 0. The van der Waals surface area contributed by atoms with E-state index in [0.717, 1.165) is 0 Å². The third-order valence-corrected chi connectivity index (χ3v) is 2.13. The highest BCUT2D eigenvalue weighted by Crippen LogP contribution is 2.12. The zero-order valence-electron chi connectivity index (χ0n) is 10.1. The summed E-state index contributed by atoms with van der Waals surface area (Å²) in [6, 6.07) is 4.47. The lowest BCUT2D eigenvalue weighted by molar-refractivity contribution is 0.00305. The average molecular weight is 224 g/mol. The first-order valence-electron chi connectivity index (χ1n) is 5.23. The third-order valence-electron chi connectivity index (χ3n) is 2.13. The number of carbonyl (C=O) groups is 1. The van der Waals surface area contributed by atoms with Gasteiger partial charge in [0.25, 0.3) is 0 Å². The van der Waals surface area contributed by atoms with Crippen LogP contribution in [0.1, 0.15) is 36.7 Å². The predicted octanol–water partition coefficient (Wildman–Crippen LogP) is 3.13. The molecule has 0 unspecified atom stereocenters. The molecule has 16 heavy (non-hydrogen) atoms. The van der Waals surface area contributed by atoms with Crippen LogP contribution in [0, 0.1) is 12.7 Å². The molecule has 0 aromatic heterocycles. The van der Waals surface area contributed by atoms with Crippen LogP contribution in [0.4, 0.5) is 4.39 Å². The van der Waals surface area contributed by atoms with Gasteiger partial charge in [-0.05, 0) is 39.3 Å². The monoisotopic (exact) mass is 224 g/mol. The number of halogens is 1. The Kier molecular flexibility index (Phi) is 3.81. The maximum absolute atomic E-state index is 13.2. The number of benzene rings is 1. The van der Waals surface area contributed by atoms with Crippen LogP contribution >= 0.6 is 0 Å². The Balaban J connectivity index is 2.70. The van der Waals surface area contributed by atoms with E-state index in [1.165, 1.54) is 6.07 Å². The van der Waals surface area contributed by atoms with E-state index in [9.17, 15) is 9.18 Å². The summed E-state index contributed by atoms with van der Waals surface area (Å²) < 4.78 is 18.6. The molecular formula is C13H17FO2. The molecule has 1 rings (SSSR count). The van der Waals surface area contributed by atoms with Gasteiger partial charge in [0.1, 0.15) is 12.4 Å². The Hall–Kier alpha value is -1.22. The lowest BCUT2D eigenvalue weighted by Gasteiger charge is -2.18. The van der Waals surface area contributed by atoms with Crippen LogP contribution < -0.4 is 0 Å². The molecule has 0 saturated heterocycles. The normalized spacial score (nSPS) is 11.6. The summed E-state index contributed by atoms with van der Waals surface area (Å²) in [7, 11) is 0. The number of hydrogen-bond acceptors (Lipinski definition) is 2. The van der Waals surface area contributed by atoms with Crippen LogP contribution in [0.2, 0.25) is 0 Å². The highest BCUT2D eigenvalue weighted by molar-refractivity contribution is 5.97. The second kappa shape index (κ2) is 4.74. The van der Waals surface area contributed by atoms with E-state index >= 15 is 0 Å². The zero-order valence-corrected chi connectivity index (χ0v) is 10.1. The molecular weight excluding hydrogens is 207 g/mol. The van der Waals surface area contributed by atoms with Crippen molar-refractivity contribution in [2.75, 3.05) is 6.61 Å². The van der Waals surface area contributed by atoms with Crippen molar-refractivity contribution in [1.29, 1.82) is 0 Å². The molecule has 88 valence electrons. The Bertz CT molecular complexity index is 391. The van der Waals surface area contributed by atoms with Crippen LogP contribution in [-0.2, 0) is 4.74 Å². The van der Waals surface area contributed by atoms with Crippen molar-refractivity contribution in [3.05, 3.63) is 35.1 Å². The SMILES string of the molecule is Cc1ccc(C(=O)COC(C)(C)C)cc1F. The van der Waals surface area contributed by atoms with Crippen molar-refractivity contribution < 1.29 is 13.9 Å².